The fourth-order valence-electron chi connectivity index (χ4n) is 7.57. The van der Waals surface area contributed by atoms with E-state index in [0.717, 1.165) is 83.6 Å². The van der Waals surface area contributed by atoms with Gasteiger partial charge in [0, 0.05) is 33.0 Å². The van der Waals surface area contributed by atoms with Crippen molar-refractivity contribution in [1.29, 1.82) is 0 Å². The normalized spacial score (nSPS) is 11.3. The van der Waals surface area contributed by atoms with Gasteiger partial charge in [-0.05, 0) is 64.0 Å². The summed E-state index contributed by atoms with van der Waals surface area (Å²) in [6.07, 6.45) is 0. The first-order valence-corrected chi connectivity index (χ1v) is 18.5. The molecule has 0 saturated heterocycles. The first-order chi connectivity index (χ1) is 27.3. The van der Waals surface area contributed by atoms with E-state index in [4.69, 9.17) is 15.1 Å². The molecule has 258 valence electrons. The van der Waals surface area contributed by atoms with Crippen molar-refractivity contribution in [2.45, 2.75) is 0 Å². The maximum atomic E-state index is 5.45. The molecule has 2 heterocycles. The van der Waals surface area contributed by atoms with Crippen molar-refractivity contribution in [2.75, 3.05) is 0 Å². The van der Waals surface area contributed by atoms with Crippen molar-refractivity contribution in [2.24, 2.45) is 0 Å². The van der Waals surface area contributed by atoms with Gasteiger partial charge in [-0.3, -0.25) is 0 Å². The van der Waals surface area contributed by atoms with E-state index < -0.39 is 0 Å². The average Bonchev–Trinajstić information content (AvgIpc) is 3.69. The van der Waals surface area contributed by atoms with Gasteiger partial charge in [-0.25, -0.2) is 14.6 Å². The SMILES string of the molecule is c1ccc(-c2cccc(-c3nc(-c4ccccc4)cc(-c4cccc(-c5nn(-c6ccccc6)c6c5c(-c5ccccc5)cc5ccccc56)c4)n3)c2)cc1. The molecule has 0 aliphatic carbocycles. The second kappa shape index (κ2) is 13.8. The van der Waals surface area contributed by atoms with Gasteiger partial charge in [0.15, 0.2) is 5.82 Å². The lowest BCUT2D eigenvalue weighted by molar-refractivity contribution is 0.918. The van der Waals surface area contributed by atoms with Crippen LogP contribution in [0.1, 0.15) is 0 Å². The Morgan fingerprint density at radius 3 is 1.62 bits per heavy atom. The van der Waals surface area contributed by atoms with E-state index in [9.17, 15) is 0 Å². The number of nitrogens with zero attached hydrogens (tertiary/aromatic N) is 4. The zero-order chi connectivity index (χ0) is 36.6. The minimum atomic E-state index is 0.677. The molecule has 0 spiro atoms. The molecule has 4 nitrogen and oxygen atoms in total. The monoisotopic (exact) mass is 702 g/mol. The Bertz CT molecular complexity index is 2950. The van der Waals surface area contributed by atoms with E-state index in [-0.39, 0.29) is 0 Å². The fraction of sp³-hybridized carbons (Fsp3) is 0. The molecule has 0 saturated carbocycles. The molecular formula is C51H34N4. The predicted octanol–water partition coefficient (Wildman–Crippen LogP) is 13.0. The van der Waals surface area contributed by atoms with Crippen molar-refractivity contribution in [1.82, 2.24) is 19.7 Å². The number of benzene rings is 8. The molecule has 55 heavy (non-hydrogen) atoms. The number of fused-ring (bicyclic) bond motifs is 3. The van der Waals surface area contributed by atoms with Crippen LogP contribution in [0.25, 0.3) is 94.8 Å². The Morgan fingerprint density at radius 2 is 0.891 bits per heavy atom. The molecule has 8 aromatic carbocycles. The maximum absolute atomic E-state index is 5.45. The minimum Gasteiger partial charge on any atom is -0.232 e. The van der Waals surface area contributed by atoms with Gasteiger partial charge in [0.05, 0.1) is 22.6 Å². The fourth-order valence-corrected chi connectivity index (χ4v) is 7.57. The third-order valence-electron chi connectivity index (χ3n) is 10.2. The van der Waals surface area contributed by atoms with Crippen molar-refractivity contribution >= 4 is 21.7 Å². The van der Waals surface area contributed by atoms with Crippen LogP contribution in [-0.2, 0) is 0 Å². The lowest BCUT2D eigenvalue weighted by atomic mass is 9.93. The summed E-state index contributed by atoms with van der Waals surface area (Å²) < 4.78 is 2.11. The first kappa shape index (κ1) is 32.2. The third kappa shape index (κ3) is 6.06. The molecule has 0 aliphatic heterocycles. The molecule has 0 N–H and O–H groups in total. The summed E-state index contributed by atoms with van der Waals surface area (Å²) in [6, 6.07) is 72.0. The van der Waals surface area contributed by atoms with Gasteiger partial charge in [0.25, 0.3) is 0 Å². The zero-order valence-electron chi connectivity index (χ0n) is 29.9. The molecule has 10 aromatic rings. The second-order valence-electron chi connectivity index (χ2n) is 13.7. The van der Waals surface area contributed by atoms with E-state index in [1.807, 2.05) is 18.2 Å². The van der Waals surface area contributed by atoms with E-state index in [1.165, 1.54) is 5.39 Å². The zero-order valence-corrected chi connectivity index (χ0v) is 29.9. The summed E-state index contributed by atoms with van der Waals surface area (Å²) in [6.45, 7) is 0. The van der Waals surface area contributed by atoms with Gasteiger partial charge in [-0.1, -0.05) is 170 Å². The Labute approximate surface area is 319 Å². The van der Waals surface area contributed by atoms with Crippen LogP contribution in [0.5, 0.6) is 0 Å². The molecule has 4 heteroatoms. The van der Waals surface area contributed by atoms with Crippen LogP contribution in [-0.4, -0.2) is 19.7 Å². The highest BCUT2D eigenvalue weighted by Crippen LogP contribution is 2.42. The molecule has 10 rings (SSSR count). The summed E-state index contributed by atoms with van der Waals surface area (Å²) in [5, 5.41) is 8.89. The Balaban J connectivity index is 1.19. The molecule has 0 fully saturated rings. The van der Waals surface area contributed by atoms with Crippen molar-refractivity contribution in [3.8, 4) is 73.1 Å². The lowest BCUT2D eigenvalue weighted by Gasteiger charge is -2.12. The molecule has 2 aromatic heterocycles. The van der Waals surface area contributed by atoms with Crippen LogP contribution in [0.2, 0.25) is 0 Å². The Kier molecular flexibility index (Phi) is 8.12. The standard InChI is InChI=1S/C51H34N4/c1-5-17-35(18-6-1)38-24-15-27-42(31-38)51-52-46(37-21-9-3-10-22-37)34-47(53-51)40-25-16-26-41(32-40)49-48-45(36-19-7-2-8-20-36)33-39-23-13-14-30-44(39)50(48)55(54-49)43-28-11-4-12-29-43/h1-34H. The van der Waals surface area contributed by atoms with Crippen molar-refractivity contribution < 1.29 is 0 Å². The number of rotatable bonds is 7. The number of para-hydroxylation sites is 1. The van der Waals surface area contributed by atoms with Crippen LogP contribution in [0.15, 0.2) is 206 Å². The smallest absolute Gasteiger partial charge is 0.160 e. The van der Waals surface area contributed by atoms with Crippen molar-refractivity contribution in [3.05, 3.63) is 206 Å². The van der Waals surface area contributed by atoms with E-state index in [0.29, 0.717) is 5.82 Å². The molecule has 0 aliphatic rings. The Morgan fingerprint density at radius 1 is 0.364 bits per heavy atom. The van der Waals surface area contributed by atoms with Gasteiger partial charge in [0.1, 0.15) is 5.69 Å². The highest BCUT2D eigenvalue weighted by atomic mass is 15.3. The van der Waals surface area contributed by atoms with Crippen LogP contribution >= 0.6 is 0 Å². The summed E-state index contributed by atoms with van der Waals surface area (Å²) in [5.74, 6) is 0.677. The van der Waals surface area contributed by atoms with E-state index >= 15 is 0 Å². The summed E-state index contributed by atoms with van der Waals surface area (Å²) >= 11 is 0. The molecule has 0 atom stereocenters. The first-order valence-electron chi connectivity index (χ1n) is 18.5. The molecule has 0 bridgehead atoms. The van der Waals surface area contributed by atoms with Crippen LogP contribution in [0.4, 0.5) is 0 Å². The summed E-state index contributed by atoms with van der Waals surface area (Å²) in [4.78, 5) is 10.4. The molecule has 0 unspecified atom stereocenters. The topological polar surface area (TPSA) is 43.6 Å². The Hall–Kier alpha value is -7.43. The molecular weight excluding hydrogens is 669 g/mol. The number of hydrogen-bond donors (Lipinski definition) is 0. The van der Waals surface area contributed by atoms with Crippen molar-refractivity contribution in [3.63, 3.8) is 0 Å². The van der Waals surface area contributed by atoms with Crippen LogP contribution in [0.3, 0.4) is 0 Å². The van der Waals surface area contributed by atoms with Gasteiger partial charge in [-0.15, -0.1) is 0 Å². The average molecular weight is 703 g/mol. The predicted molar refractivity (Wildman–Crippen MR) is 227 cm³/mol. The van der Waals surface area contributed by atoms with E-state index in [2.05, 4.69) is 193 Å². The number of aromatic nitrogens is 4. The van der Waals surface area contributed by atoms with Gasteiger partial charge < -0.3 is 0 Å². The quantitative estimate of drug-likeness (QED) is 0.166. The van der Waals surface area contributed by atoms with Crippen LogP contribution in [0, 0.1) is 0 Å². The maximum Gasteiger partial charge on any atom is 0.160 e. The van der Waals surface area contributed by atoms with Gasteiger partial charge >= 0.3 is 0 Å². The summed E-state index contributed by atoms with van der Waals surface area (Å²) in [7, 11) is 0. The van der Waals surface area contributed by atoms with Crippen LogP contribution < -0.4 is 0 Å². The van der Waals surface area contributed by atoms with Gasteiger partial charge in [-0.2, -0.15) is 5.10 Å². The summed E-state index contributed by atoms with van der Waals surface area (Å²) in [5.41, 5.74) is 13.3. The number of hydrogen-bond acceptors (Lipinski definition) is 3. The molecule has 0 radical (unpaired) electrons. The second-order valence-corrected chi connectivity index (χ2v) is 13.7. The van der Waals surface area contributed by atoms with Gasteiger partial charge in [0.2, 0.25) is 0 Å². The third-order valence-corrected chi connectivity index (χ3v) is 10.2. The largest absolute Gasteiger partial charge is 0.232 e. The highest BCUT2D eigenvalue weighted by molar-refractivity contribution is 6.17. The highest BCUT2D eigenvalue weighted by Gasteiger charge is 2.22. The van der Waals surface area contributed by atoms with E-state index in [1.54, 1.807) is 0 Å². The molecule has 0 amide bonds. The minimum absolute atomic E-state index is 0.677. The lowest BCUT2D eigenvalue weighted by Crippen LogP contribution is -1.97.